The fourth-order valence-corrected chi connectivity index (χ4v) is 2.03. The molecule has 1 atom stereocenters. The van der Waals surface area contributed by atoms with E-state index in [-0.39, 0.29) is 11.3 Å². The van der Waals surface area contributed by atoms with Crippen molar-refractivity contribution in [3.63, 3.8) is 0 Å². The smallest absolute Gasteiger partial charge is 0.146 e. The lowest BCUT2D eigenvalue weighted by Gasteiger charge is -2.19. The second-order valence-corrected chi connectivity index (χ2v) is 4.35. The van der Waals surface area contributed by atoms with Gasteiger partial charge in [-0.2, -0.15) is 0 Å². The molecule has 0 saturated carbocycles. The van der Waals surface area contributed by atoms with Crippen molar-refractivity contribution in [2.45, 2.75) is 13.0 Å². The maximum atomic E-state index is 13.9. The van der Waals surface area contributed by atoms with Crippen LogP contribution < -0.4 is 10.1 Å². The molecule has 0 amide bonds. The molecule has 0 aliphatic heterocycles. The highest BCUT2D eigenvalue weighted by Crippen LogP contribution is 2.30. The zero-order chi connectivity index (χ0) is 14.7. The lowest BCUT2D eigenvalue weighted by atomic mass is 10.1. The van der Waals surface area contributed by atoms with Crippen LogP contribution in [0.4, 0.5) is 18.9 Å². The molecule has 0 aromatic heterocycles. The van der Waals surface area contributed by atoms with Crippen LogP contribution in [0.15, 0.2) is 36.4 Å². The summed E-state index contributed by atoms with van der Waals surface area (Å²) in [7, 11) is 1.42. The lowest BCUT2D eigenvalue weighted by molar-refractivity contribution is 0.402. The Kier molecular flexibility index (Phi) is 4.17. The number of hydrogen-bond donors (Lipinski definition) is 1. The molecule has 5 heteroatoms. The maximum Gasteiger partial charge on any atom is 0.146 e. The second kappa shape index (κ2) is 5.86. The van der Waals surface area contributed by atoms with E-state index < -0.39 is 23.5 Å². The minimum Gasteiger partial charge on any atom is -0.496 e. The molecule has 1 unspecified atom stereocenters. The van der Waals surface area contributed by atoms with Crippen molar-refractivity contribution in [3.8, 4) is 5.75 Å². The van der Waals surface area contributed by atoms with Gasteiger partial charge in [-0.3, -0.25) is 0 Å². The number of rotatable bonds is 4. The third kappa shape index (κ3) is 2.87. The third-order valence-electron chi connectivity index (χ3n) is 2.97. The standard InChI is InChI=1S/C15H14F3NO/c1-9(15-12(18)4-3-5-14(15)20-2)19-13-8-10(16)6-7-11(13)17/h3-9,19H,1-2H3. The predicted octanol–water partition coefficient (Wildman–Crippen LogP) is 4.29. The molecular weight excluding hydrogens is 267 g/mol. The van der Waals surface area contributed by atoms with Gasteiger partial charge in [0.25, 0.3) is 0 Å². The van der Waals surface area contributed by atoms with E-state index in [9.17, 15) is 13.2 Å². The van der Waals surface area contributed by atoms with E-state index in [4.69, 9.17) is 4.74 Å². The van der Waals surface area contributed by atoms with Crippen molar-refractivity contribution < 1.29 is 17.9 Å². The van der Waals surface area contributed by atoms with Crippen LogP contribution >= 0.6 is 0 Å². The van der Waals surface area contributed by atoms with Gasteiger partial charge in [-0.05, 0) is 37.3 Å². The maximum absolute atomic E-state index is 13.9. The molecule has 1 N–H and O–H groups in total. The molecule has 106 valence electrons. The SMILES string of the molecule is COc1cccc(F)c1C(C)Nc1cc(F)ccc1F. The van der Waals surface area contributed by atoms with E-state index in [1.165, 1.54) is 19.2 Å². The van der Waals surface area contributed by atoms with E-state index in [1.54, 1.807) is 13.0 Å². The number of benzene rings is 2. The van der Waals surface area contributed by atoms with Crippen LogP contribution in [-0.2, 0) is 0 Å². The number of anilines is 1. The molecular formula is C15H14F3NO. The first kappa shape index (κ1) is 14.2. The molecule has 0 heterocycles. The second-order valence-electron chi connectivity index (χ2n) is 4.35. The molecule has 0 aliphatic carbocycles. The number of methoxy groups -OCH3 is 1. The molecule has 2 rings (SSSR count). The molecule has 0 fully saturated rings. The molecule has 2 nitrogen and oxygen atoms in total. The summed E-state index contributed by atoms with van der Waals surface area (Å²) in [5.74, 6) is -1.29. The molecule has 2 aromatic carbocycles. The highest BCUT2D eigenvalue weighted by Gasteiger charge is 2.17. The van der Waals surface area contributed by atoms with Crippen LogP contribution in [0.2, 0.25) is 0 Å². The first-order valence-electron chi connectivity index (χ1n) is 6.07. The third-order valence-corrected chi connectivity index (χ3v) is 2.97. The highest BCUT2D eigenvalue weighted by molar-refractivity contribution is 5.49. The van der Waals surface area contributed by atoms with Crippen molar-refractivity contribution in [1.82, 2.24) is 0 Å². The van der Waals surface area contributed by atoms with Gasteiger partial charge in [0.05, 0.1) is 24.4 Å². The summed E-state index contributed by atoms with van der Waals surface area (Å²) < 4.78 is 45.7. The van der Waals surface area contributed by atoms with Crippen LogP contribution in [0, 0.1) is 17.5 Å². The number of hydrogen-bond acceptors (Lipinski definition) is 2. The van der Waals surface area contributed by atoms with Gasteiger partial charge in [0, 0.05) is 0 Å². The van der Waals surface area contributed by atoms with Crippen LogP contribution in [0.25, 0.3) is 0 Å². The molecule has 2 aromatic rings. The minimum absolute atomic E-state index is 0.0252. The molecule has 0 radical (unpaired) electrons. The van der Waals surface area contributed by atoms with E-state index in [2.05, 4.69) is 5.32 Å². The summed E-state index contributed by atoms with van der Waals surface area (Å²) in [6.45, 7) is 1.64. The van der Waals surface area contributed by atoms with Gasteiger partial charge in [-0.15, -0.1) is 0 Å². The van der Waals surface area contributed by atoms with Crippen molar-refractivity contribution in [2.75, 3.05) is 12.4 Å². The molecule has 0 spiro atoms. The largest absolute Gasteiger partial charge is 0.496 e. The summed E-state index contributed by atoms with van der Waals surface area (Å²) >= 11 is 0. The number of ether oxygens (including phenoxy) is 1. The Morgan fingerprint density at radius 1 is 1.05 bits per heavy atom. The predicted molar refractivity (Wildman–Crippen MR) is 71.3 cm³/mol. The van der Waals surface area contributed by atoms with Gasteiger partial charge in [0.1, 0.15) is 23.2 Å². The molecule has 0 bridgehead atoms. The Labute approximate surface area is 115 Å². The summed E-state index contributed by atoms with van der Waals surface area (Å²) in [5, 5.41) is 2.75. The van der Waals surface area contributed by atoms with E-state index >= 15 is 0 Å². The van der Waals surface area contributed by atoms with Gasteiger partial charge in [0.2, 0.25) is 0 Å². The fourth-order valence-electron chi connectivity index (χ4n) is 2.03. The Bertz CT molecular complexity index is 616. The Hall–Kier alpha value is -2.17. The van der Waals surface area contributed by atoms with Gasteiger partial charge in [-0.25, -0.2) is 13.2 Å². The monoisotopic (exact) mass is 281 g/mol. The topological polar surface area (TPSA) is 21.3 Å². The first-order valence-corrected chi connectivity index (χ1v) is 6.07. The zero-order valence-corrected chi connectivity index (χ0v) is 11.1. The molecule has 20 heavy (non-hydrogen) atoms. The van der Waals surface area contributed by atoms with Gasteiger partial charge < -0.3 is 10.1 Å². The number of nitrogens with one attached hydrogen (secondary N) is 1. The van der Waals surface area contributed by atoms with Crippen molar-refractivity contribution in [1.29, 1.82) is 0 Å². The van der Waals surface area contributed by atoms with E-state index in [0.29, 0.717) is 5.75 Å². The van der Waals surface area contributed by atoms with Crippen LogP contribution in [-0.4, -0.2) is 7.11 Å². The van der Waals surface area contributed by atoms with Gasteiger partial charge >= 0.3 is 0 Å². The molecule has 0 aliphatic rings. The molecule has 0 saturated heterocycles. The minimum atomic E-state index is -0.603. The van der Waals surface area contributed by atoms with E-state index in [0.717, 1.165) is 18.2 Å². The summed E-state index contributed by atoms with van der Waals surface area (Å²) in [6.07, 6.45) is 0. The van der Waals surface area contributed by atoms with Crippen molar-refractivity contribution in [3.05, 3.63) is 59.4 Å². The Morgan fingerprint density at radius 3 is 2.50 bits per heavy atom. The number of halogens is 3. The summed E-state index contributed by atoms with van der Waals surface area (Å²) in [4.78, 5) is 0. The van der Waals surface area contributed by atoms with E-state index in [1.807, 2.05) is 0 Å². The van der Waals surface area contributed by atoms with Crippen LogP contribution in [0.5, 0.6) is 5.75 Å². The Balaban J connectivity index is 2.33. The Morgan fingerprint density at radius 2 is 1.80 bits per heavy atom. The first-order chi connectivity index (χ1) is 9.52. The average molecular weight is 281 g/mol. The van der Waals surface area contributed by atoms with Crippen LogP contribution in [0.1, 0.15) is 18.5 Å². The lowest BCUT2D eigenvalue weighted by Crippen LogP contribution is -2.11. The van der Waals surface area contributed by atoms with Gasteiger partial charge in [0.15, 0.2) is 0 Å². The van der Waals surface area contributed by atoms with Crippen molar-refractivity contribution in [2.24, 2.45) is 0 Å². The average Bonchev–Trinajstić information content (AvgIpc) is 2.42. The van der Waals surface area contributed by atoms with Gasteiger partial charge in [-0.1, -0.05) is 6.07 Å². The summed E-state index contributed by atoms with van der Waals surface area (Å²) in [5.41, 5.74) is 0.237. The normalized spacial score (nSPS) is 12.1. The van der Waals surface area contributed by atoms with Crippen molar-refractivity contribution >= 4 is 5.69 Å². The zero-order valence-electron chi connectivity index (χ0n) is 11.1. The fraction of sp³-hybridized carbons (Fsp3) is 0.200. The highest BCUT2D eigenvalue weighted by atomic mass is 19.1. The summed E-state index contributed by atoms with van der Waals surface area (Å²) in [6, 6.07) is 6.91. The van der Waals surface area contributed by atoms with Crippen LogP contribution in [0.3, 0.4) is 0 Å². The quantitative estimate of drug-likeness (QED) is 0.902.